The number of nitrogens with zero attached hydrogens (tertiary/aromatic N) is 4. The van der Waals surface area contributed by atoms with Crippen LogP contribution in [0.25, 0.3) is 0 Å². The molecule has 2 amide bonds. The molecule has 2 aromatic rings. The third kappa shape index (κ3) is 6.33. The van der Waals surface area contributed by atoms with Gasteiger partial charge in [-0.3, -0.25) is 14.5 Å². The standard InChI is InChI=1S/C28H35ClN4O3/c1-4-27(34)32(12-11-31-13-15-36-16-14-31)19-28(35)33-26(22-7-9-24(29)10-8-22)18-25(30-33)23-6-5-20(2)21(3)17-23/h5-10,17,26H,4,11-16,18-19H2,1-3H3/t26-/m1/s1. The minimum Gasteiger partial charge on any atom is -0.379 e. The van der Waals surface area contributed by atoms with Crippen LogP contribution in [0.15, 0.2) is 47.6 Å². The summed E-state index contributed by atoms with van der Waals surface area (Å²) in [7, 11) is 0. The molecule has 2 aliphatic heterocycles. The molecule has 0 aliphatic carbocycles. The maximum absolute atomic E-state index is 13.6. The summed E-state index contributed by atoms with van der Waals surface area (Å²) in [6, 6.07) is 13.6. The Kier molecular flexibility index (Phi) is 8.77. The SMILES string of the molecule is CCC(=O)N(CCN1CCOCC1)CC(=O)N1N=C(c2ccc(C)c(C)c2)C[C@@H]1c1ccc(Cl)cc1. The van der Waals surface area contributed by atoms with Gasteiger partial charge in [-0.25, -0.2) is 5.01 Å². The Hall–Kier alpha value is -2.74. The number of hydrogen-bond acceptors (Lipinski definition) is 5. The van der Waals surface area contributed by atoms with Crippen LogP contribution in [0.2, 0.25) is 5.02 Å². The van der Waals surface area contributed by atoms with E-state index in [0.717, 1.165) is 36.5 Å². The van der Waals surface area contributed by atoms with Gasteiger partial charge in [0.05, 0.1) is 25.0 Å². The lowest BCUT2D eigenvalue weighted by Crippen LogP contribution is -2.46. The molecule has 0 N–H and O–H groups in total. The number of benzene rings is 2. The van der Waals surface area contributed by atoms with Crippen molar-refractivity contribution in [1.29, 1.82) is 0 Å². The van der Waals surface area contributed by atoms with Crippen LogP contribution in [-0.4, -0.2) is 78.3 Å². The normalized spacial score (nSPS) is 18.3. The number of ether oxygens (including phenoxy) is 1. The van der Waals surface area contributed by atoms with Crippen molar-refractivity contribution in [3.05, 3.63) is 69.7 Å². The number of halogens is 1. The van der Waals surface area contributed by atoms with Crippen molar-refractivity contribution in [1.82, 2.24) is 14.8 Å². The Labute approximate surface area is 218 Å². The van der Waals surface area contributed by atoms with Gasteiger partial charge >= 0.3 is 0 Å². The van der Waals surface area contributed by atoms with Crippen LogP contribution in [0.3, 0.4) is 0 Å². The second kappa shape index (κ2) is 12.0. The molecule has 2 aromatic carbocycles. The second-order valence-corrected chi connectivity index (χ2v) is 9.91. The number of carbonyl (C=O) groups is 2. The van der Waals surface area contributed by atoms with E-state index >= 15 is 0 Å². The summed E-state index contributed by atoms with van der Waals surface area (Å²) in [4.78, 5) is 30.3. The Morgan fingerprint density at radius 1 is 1.08 bits per heavy atom. The maximum atomic E-state index is 13.6. The first-order valence-corrected chi connectivity index (χ1v) is 13.0. The van der Waals surface area contributed by atoms with Gasteiger partial charge in [-0.2, -0.15) is 5.10 Å². The van der Waals surface area contributed by atoms with Crippen LogP contribution in [-0.2, 0) is 14.3 Å². The summed E-state index contributed by atoms with van der Waals surface area (Å²) in [5, 5.41) is 7.01. The molecule has 0 saturated carbocycles. The van der Waals surface area contributed by atoms with Crippen LogP contribution in [0, 0.1) is 13.8 Å². The van der Waals surface area contributed by atoms with E-state index < -0.39 is 0 Å². The van der Waals surface area contributed by atoms with Crippen LogP contribution in [0.1, 0.15) is 48.1 Å². The van der Waals surface area contributed by atoms with Crippen LogP contribution in [0.4, 0.5) is 0 Å². The lowest BCUT2D eigenvalue weighted by molar-refractivity contribution is -0.141. The molecule has 0 radical (unpaired) electrons. The van der Waals surface area contributed by atoms with Gasteiger partial charge in [0.1, 0.15) is 6.54 Å². The molecule has 1 saturated heterocycles. The van der Waals surface area contributed by atoms with Crippen molar-refractivity contribution in [3.8, 4) is 0 Å². The van der Waals surface area contributed by atoms with Gasteiger partial charge in [0.15, 0.2) is 0 Å². The van der Waals surface area contributed by atoms with Crippen molar-refractivity contribution in [2.24, 2.45) is 5.10 Å². The highest BCUT2D eigenvalue weighted by Gasteiger charge is 2.34. The van der Waals surface area contributed by atoms with E-state index in [4.69, 9.17) is 21.4 Å². The molecule has 8 heteroatoms. The van der Waals surface area contributed by atoms with Crippen molar-refractivity contribution in [2.45, 2.75) is 39.7 Å². The lowest BCUT2D eigenvalue weighted by atomic mass is 9.96. The van der Waals surface area contributed by atoms with E-state index in [9.17, 15) is 9.59 Å². The van der Waals surface area contributed by atoms with Crippen molar-refractivity contribution >= 4 is 29.1 Å². The molecule has 7 nitrogen and oxygen atoms in total. The van der Waals surface area contributed by atoms with Crippen LogP contribution < -0.4 is 0 Å². The van der Waals surface area contributed by atoms with Crippen molar-refractivity contribution in [2.75, 3.05) is 45.9 Å². The zero-order valence-corrected chi connectivity index (χ0v) is 22.1. The summed E-state index contributed by atoms with van der Waals surface area (Å²) in [5.74, 6) is -0.213. The number of rotatable bonds is 8. The summed E-state index contributed by atoms with van der Waals surface area (Å²) >= 11 is 6.13. The number of aryl methyl sites for hydroxylation is 2. The summed E-state index contributed by atoms with van der Waals surface area (Å²) in [5.41, 5.74) is 5.26. The second-order valence-electron chi connectivity index (χ2n) is 9.48. The number of morpholine rings is 1. The van der Waals surface area contributed by atoms with Gasteiger partial charge in [0.2, 0.25) is 5.91 Å². The number of carbonyl (C=O) groups excluding carboxylic acids is 2. The zero-order chi connectivity index (χ0) is 25.7. The van der Waals surface area contributed by atoms with E-state index in [1.165, 1.54) is 11.1 Å². The number of amides is 2. The third-order valence-electron chi connectivity index (χ3n) is 7.03. The van der Waals surface area contributed by atoms with Gasteiger partial charge in [0, 0.05) is 44.0 Å². The van der Waals surface area contributed by atoms with Gasteiger partial charge in [-0.15, -0.1) is 0 Å². The van der Waals surface area contributed by atoms with Crippen molar-refractivity contribution in [3.63, 3.8) is 0 Å². The molecule has 0 unspecified atom stereocenters. The molecule has 4 rings (SSSR count). The predicted octanol–water partition coefficient (Wildman–Crippen LogP) is 4.21. The van der Waals surface area contributed by atoms with E-state index in [0.29, 0.717) is 37.6 Å². The first kappa shape index (κ1) is 26.3. The fourth-order valence-corrected chi connectivity index (χ4v) is 4.74. The molecule has 0 bridgehead atoms. The molecule has 2 heterocycles. The summed E-state index contributed by atoms with van der Waals surface area (Å²) < 4.78 is 5.42. The van der Waals surface area contributed by atoms with Gasteiger partial charge in [-0.05, 0) is 54.3 Å². The number of hydrazone groups is 1. The Morgan fingerprint density at radius 3 is 2.47 bits per heavy atom. The largest absolute Gasteiger partial charge is 0.379 e. The molecule has 2 aliphatic rings. The quantitative estimate of drug-likeness (QED) is 0.533. The molecule has 192 valence electrons. The van der Waals surface area contributed by atoms with Gasteiger partial charge < -0.3 is 9.64 Å². The fourth-order valence-electron chi connectivity index (χ4n) is 4.62. The molecule has 1 fully saturated rings. The first-order chi connectivity index (χ1) is 17.4. The van der Waals surface area contributed by atoms with Gasteiger partial charge in [0.25, 0.3) is 5.91 Å². The zero-order valence-electron chi connectivity index (χ0n) is 21.4. The highest BCUT2D eigenvalue weighted by atomic mass is 35.5. The summed E-state index contributed by atoms with van der Waals surface area (Å²) in [6.45, 7) is 10.3. The van der Waals surface area contributed by atoms with E-state index in [-0.39, 0.29) is 24.4 Å². The van der Waals surface area contributed by atoms with E-state index in [2.05, 4.69) is 36.9 Å². The predicted molar refractivity (Wildman–Crippen MR) is 142 cm³/mol. The molecule has 1 atom stereocenters. The number of hydrogen-bond donors (Lipinski definition) is 0. The fraction of sp³-hybridized carbons (Fsp3) is 0.464. The van der Waals surface area contributed by atoms with Crippen LogP contribution >= 0.6 is 11.6 Å². The average Bonchev–Trinajstić information content (AvgIpc) is 3.34. The highest BCUT2D eigenvalue weighted by Crippen LogP contribution is 2.34. The van der Waals surface area contributed by atoms with Crippen molar-refractivity contribution < 1.29 is 14.3 Å². The molecule has 36 heavy (non-hydrogen) atoms. The van der Waals surface area contributed by atoms with E-state index in [1.54, 1.807) is 9.91 Å². The van der Waals surface area contributed by atoms with E-state index in [1.807, 2.05) is 31.2 Å². The lowest BCUT2D eigenvalue weighted by Gasteiger charge is -2.31. The maximum Gasteiger partial charge on any atom is 0.262 e. The minimum atomic E-state index is -0.246. The monoisotopic (exact) mass is 510 g/mol. The Morgan fingerprint density at radius 2 is 1.81 bits per heavy atom. The van der Waals surface area contributed by atoms with Gasteiger partial charge in [-0.1, -0.05) is 42.8 Å². The molecular weight excluding hydrogens is 476 g/mol. The minimum absolute atomic E-state index is 0.00477. The smallest absolute Gasteiger partial charge is 0.262 e. The Balaban J connectivity index is 1.56. The molecule has 0 aromatic heterocycles. The average molecular weight is 511 g/mol. The molecule has 0 spiro atoms. The topological polar surface area (TPSA) is 65.5 Å². The first-order valence-electron chi connectivity index (χ1n) is 12.7. The van der Waals surface area contributed by atoms with Crippen LogP contribution in [0.5, 0.6) is 0 Å². The molecular formula is C28H35ClN4O3. The third-order valence-corrected chi connectivity index (χ3v) is 7.28. The highest BCUT2D eigenvalue weighted by molar-refractivity contribution is 6.30. The summed E-state index contributed by atoms with van der Waals surface area (Å²) in [6.07, 6.45) is 0.958. The Bertz CT molecular complexity index is 1110.